The number of rotatable bonds is 3. The molecule has 1 nitrogen and oxygen atoms in total. The topological polar surface area (TPSA) is 12.0 Å². The van der Waals surface area contributed by atoms with Crippen molar-refractivity contribution >= 4 is 21.8 Å². The molecule has 1 N–H and O–H groups in total. The molecule has 1 saturated heterocycles. The first-order chi connectivity index (χ1) is 13.9. The third-order valence-electron chi connectivity index (χ3n) is 9.87. The van der Waals surface area contributed by atoms with Gasteiger partial charge in [0.15, 0.2) is 8.24 Å². The van der Waals surface area contributed by atoms with E-state index in [-0.39, 0.29) is 7.92 Å². The number of nitrogens with one attached hydrogen (secondary N) is 1. The third-order valence-corrected chi connectivity index (χ3v) is 16.8. The molecule has 10 atom stereocenters. The molecule has 0 radical (unpaired) electrons. The minimum absolute atomic E-state index is 0.188. The fourth-order valence-corrected chi connectivity index (χ4v) is 17.8. The van der Waals surface area contributed by atoms with Gasteiger partial charge in [0.05, 0.1) is 0 Å². The molecule has 1 aliphatic heterocycles. The van der Waals surface area contributed by atoms with Crippen molar-refractivity contribution < 1.29 is 0 Å². The summed E-state index contributed by atoms with van der Waals surface area (Å²) in [6.45, 7) is 13.2. The maximum atomic E-state index is 4.18. The maximum Gasteiger partial charge on any atom is 0.151 e. The Hall–Kier alpha value is -0.333. The highest BCUT2D eigenvalue weighted by Crippen LogP contribution is 2.75. The molecule has 4 aliphatic rings. The molecule has 5 rings (SSSR count). The van der Waals surface area contributed by atoms with Crippen molar-refractivity contribution in [2.75, 3.05) is 11.6 Å². The van der Waals surface area contributed by atoms with Crippen LogP contribution in [0.15, 0.2) is 30.3 Å². The summed E-state index contributed by atoms with van der Waals surface area (Å²) in [5.74, 6) is 6.06. The largest absolute Gasteiger partial charge is 0.410 e. The molecule has 0 bridgehead atoms. The van der Waals surface area contributed by atoms with Gasteiger partial charge in [-0.25, -0.2) is 0 Å². The average molecular weight is 428 g/mol. The monoisotopic (exact) mass is 427 g/mol. The van der Waals surface area contributed by atoms with Crippen LogP contribution in [0.25, 0.3) is 0 Å². The van der Waals surface area contributed by atoms with Gasteiger partial charge in [-0.2, -0.15) is 0 Å². The smallest absolute Gasteiger partial charge is 0.151 e. The second kappa shape index (κ2) is 7.66. The molecule has 1 aromatic carbocycles. The number of hydrogen-bond donors (Lipinski definition) is 1. The Morgan fingerprint density at radius 1 is 0.897 bits per heavy atom. The van der Waals surface area contributed by atoms with E-state index in [0.717, 1.165) is 52.4 Å². The summed E-state index contributed by atoms with van der Waals surface area (Å²) in [4.78, 5) is 4.18. The molecule has 160 valence electrons. The van der Waals surface area contributed by atoms with Gasteiger partial charge in [-0.3, -0.25) is 0 Å². The first-order valence-corrected chi connectivity index (χ1v) is 17.4. The van der Waals surface area contributed by atoms with E-state index < -0.39 is 8.24 Å². The molecule has 3 saturated carbocycles. The van der Waals surface area contributed by atoms with Crippen molar-refractivity contribution in [1.82, 2.24) is 0 Å². The fraction of sp³-hybridized carbons (Fsp3) is 0.769. The van der Waals surface area contributed by atoms with Crippen LogP contribution in [0.1, 0.15) is 52.4 Å². The van der Waals surface area contributed by atoms with Crippen LogP contribution >= 0.6 is 7.92 Å². The number of anilines is 1. The van der Waals surface area contributed by atoms with Crippen LogP contribution in [0.5, 0.6) is 0 Å². The van der Waals surface area contributed by atoms with E-state index in [0.29, 0.717) is 0 Å². The highest BCUT2D eigenvalue weighted by Gasteiger charge is 2.65. The predicted molar refractivity (Wildman–Crippen MR) is 132 cm³/mol. The van der Waals surface area contributed by atoms with Crippen LogP contribution in [-0.4, -0.2) is 26.2 Å². The van der Waals surface area contributed by atoms with Gasteiger partial charge in [0.2, 0.25) is 0 Å². The molecule has 1 heterocycles. The molecule has 1 aromatic rings. The zero-order valence-electron chi connectivity index (χ0n) is 19.3. The Labute approximate surface area is 181 Å². The van der Waals surface area contributed by atoms with Crippen molar-refractivity contribution in [3.63, 3.8) is 0 Å². The summed E-state index contributed by atoms with van der Waals surface area (Å²) in [6, 6.07) is 11.2. The molecule has 4 fully saturated rings. The minimum Gasteiger partial charge on any atom is -0.410 e. The normalized spacial score (nSPS) is 46.7. The van der Waals surface area contributed by atoms with Crippen LogP contribution in [-0.2, 0) is 0 Å². The van der Waals surface area contributed by atoms with Crippen LogP contribution in [0.3, 0.4) is 0 Å². The van der Waals surface area contributed by atoms with Gasteiger partial charge in [-0.1, -0.05) is 58.0 Å². The molecule has 10 unspecified atom stereocenters. The molecule has 3 heteroatoms. The zero-order valence-corrected chi connectivity index (χ0v) is 21.2. The zero-order chi connectivity index (χ0) is 20.3. The minimum atomic E-state index is -1.60. The maximum absolute atomic E-state index is 4.18. The second-order valence-corrected chi connectivity index (χ2v) is 18.7. The lowest BCUT2D eigenvalue weighted by molar-refractivity contribution is 0.101. The van der Waals surface area contributed by atoms with Crippen molar-refractivity contribution in [2.45, 2.75) is 82.3 Å². The first kappa shape index (κ1) is 20.6. The Bertz CT molecular complexity index is 721. The molecule has 0 aromatic heterocycles. The van der Waals surface area contributed by atoms with Crippen molar-refractivity contribution in [3.8, 4) is 0 Å². The summed E-state index contributed by atoms with van der Waals surface area (Å²) < 4.78 is 0. The SMILES string of the molecule is CC1CC2C(CC1C)C([Si](C)(C)Nc1ccccc1)C1C2C2CCCCC2P1C. The lowest BCUT2D eigenvalue weighted by atomic mass is 9.65. The van der Waals surface area contributed by atoms with E-state index in [2.05, 4.69) is 68.9 Å². The van der Waals surface area contributed by atoms with Gasteiger partial charge in [0.25, 0.3) is 0 Å². The Morgan fingerprint density at radius 2 is 1.55 bits per heavy atom. The fourth-order valence-electron chi connectivity index (χ4n) is 8.62. The number of fused-ring (bicyclic) bond motifs is 5. The van der Waals surface area contributed by atoms with Crippen LogP contribution in [0.2, 0.25) is 18.6 Å². The quantitative estimate of drug-likeness (QED) is 0.386. The number of para-hydroxylation sites is 1. The third kappa shape index (κ3) is 3.36. The van der Waals surface area contributed by atoms with Gasteiger partial charge < -0.3 is 4.98 Å². The second-order valence-electron chi connectivity index (χ2n) is 11.7. The van der Waals surface area contributed by atoms with Crippen molar-refractivity contribution in [1.29, 1.82) is 0 Å². The van der Waals surface area contributed by atoms with E-state index >= 15 is 0 Å². The van der Waals surface area contributed by atoms with Gasteiger partial charge in [-0.15, -0.1) is 7.92 Å². The predicted octanol–water partition coefficient (Wildman–Crippen LogP) is 7.65. The van der Waals surface area contributed by atoms with Crippen molar-refractivity contribution in [3.05, 3.63) is 30.3 Å². The van der Waals surface area contributed by atoms with Crippen LogP contribution < -0.4 is 4.98 Å². The van der Waals surface area contributed by atoms with E-state index in [4.69, 9.17) is 0 Å². The average Bonchev–Trinajstić information content (AvgIpc) is 3.17. The molecule has 29 heavy (non-hydrogen) atoms. The van der Waals surface area contributed by atoms with Gasteiger partial charge in [-0.05, 0) is 96.8 Å². The van der Waals surface area contributed by atoms with E-state index in [9.17, 15) is 0 Å². The Kier molecular flexibility index (Phi) is 5.43. The van der Waals surface area contributed by atoms with Crippen molar-refractivity contribution in [2.24, 2.45) is 35.5 Å². The lowest BCUT2D eigenvalue weighted by Gasteiger charge is -2.46. The summed E-state index contributed by atoms with van der Waals surface area (Å²) in [7, 11) is -1.41. The Morgan fingerprint density at radius 3 is 2.28 bits per heavy atom. The summed E-state index contributed by atoms with van der Waals surface area (Å²) >= 11 is 0. The Balaban J connectivity index is 1.52. The van der Waals surface area contributed by atoms with Gasteiger partial charge >= 0.3 is 0 Å². The molecule has 0 spiro atoms. The standard InChI is InChI=1S/C26H42NPSi/c1-17-15-21-22(16-18(17)2)26(29(4,5)27-19-11-7-6-8-12-19)25-24(21)20-13-9-10-14-23(20)28(25)3/h6-8,11-12,17-18,20-27H,9-10,13-16H2,1-5H3. The van der Waals surface area contributed by atoms with Crippen LogP contribution in [0.4, 0.5) is 5.69 Å². The number of hydrogen-bond acceptors (Lipinski definition) is 1. The molecular weight excluding hydrogens is 385 g/mol. The first-order valence-electron chi connectivity index (χ1n) is 12.4. The van der Waals surface area contributed by atoms with E-state index in [1.54, 1.807) is 12.8 Å². The molecule has 3 aliphatic carbocycles. The van der Waals surface area contributed by atoms with E-state index in [1.807, 2.05) is 0 Å². The van der Waals surface area contributed by atoms with E-state index in [1.165, 1.54) is 31.4 Å². The lowest BCUT2D eigenvalue weighted by Crippen LogP contribution is -2.48. The highest BCUT2D eigenvalue weighted by atomic mass is 31.1. The molecular formula is C26H42NPSi. The molecule has 0 amide bonds. The highest BCUT2D eigenvalue weighted by molar-refractivity contribution is 7.59. The van der Waals surface area contributed by atoms with Gasteiger partial charge in [0.1, 0.15) is 0 Å². The number of benzene rings is 1. The van der Waals surface area contributed by atoms with Crippen LogP contribution in [0, 0.1) is 35.5 Å². The van der Waals surface area contributed by atoms with Gasteiger partial charge in [0, 0.05) is 5.69 Å². The summed E-state index contributed by atoms with van der Waals surface area (Å²) in [5, 5.41) is 0. The summed E-state index contributed by atoms with van der Waals surface area (Å²) in [5.41, 5.74) is 4.52. The summed E-state index contributed by atoms with van der Waals surface area (Å²) in [6.07, 6.45) is 9.20.